The van der Waals surface area contributed by atoms with E-state index in [1.807, 2.05) is 0 Å². The lowest BCUT2D eigenvalue weighted by molar-refractivity contribution is 0.625. The van der Waals surface area contributed by atoms with Gasteiger partial charge in [0.25, 0.3) is 0 Å². The Hall–Kier alpha value is -0.470. The first-order chi connectivity index (χ1) is 8.41. The smallest absolute Gasteiger partial charge is 0.168 e. The average Bonchev–Trinajstić information content (AvgIpc) is 2.32. The minimum atomic E-state index is -1.38. The highest BCUT2D eigenvalue weighted by molar-refractivity contribution is 6.50. The summed E-state index contributed by atoms with van der Waals surface area (Å²) in [6.45, 7) is 0. The van der Waals surface area contributed by atoms with Crippen molar-refractivity contribution < 1.29 is 4.39 Å². The van der Waals surface area contributed by atoms with E-state index < -0.39 is 10.2 Å². The molecule has 0 N–H and O–H groups in total. The third kappa shape index (κ3) is 2.75. The first-order valence-electron chi connectivity index (χ1n) is 5.00. The maximum absolute atomic E-state index is 13.2. The molecule has 0 bridgehead atoms. The zero-order valence-electron chi connectivity index (χ0n) is 8.93. The molecule has 2 rings (SSSR count). The second-order valence-corrected chi connectivity index (χ2v) is 5.86. The van der Waals surface area contributed by atoms with Crippen molar-refractivity contribution in [1.29, 1.82) is 0 Å². The molecular weight excluding hydrogens is 317 g/mol. The minimum Gasteiger partial charge on any atom is -0.207 e. The van der Waals surface area contributed by atoms with Gasteiger partial charge in [0.1, 0.15) is 5.82 Å². The van der Waals surface area contributed by atoms with E-state index in [4.69, 9.17) is 46.4 Å². The van der Waals surface area contributed by atoms with E-state index in [0.717, 1.165) is 0 Å². The first kappa shape index (κ1) is 14.0. The van der Waals surface area contributed by atoms with Crippen LogP contribution in [0.2, 0.25) is 10.0 Å². The van der Waals surface area contributed by atoms with Gasteiger partial charge in [0.05, 0.1) is 10.0 Å². The normalized spacial score (nSPS) is 11.6. The van der Waals surface area contributed by atoms with Gasteiger partial charge in [-0.2, -0.15) is 0 Å². The number of benzene rings is 2. The predicted molar refractivity (Wildman–Crippen MR) is 75.3 cm³/mol. The van der Waals surface area contributed by atoms with Gasteiger partial charge in [-0.3, -0.25) is 0 Å². The molecule has 0 radical (unpaired) electrons. The van der Waals surface area contributed by atoms with E-state index in [1.165, 1.54) is 12.1 Å². The van der Waals surface area contributed by atoms with Crippen LogP contribution in [0.15, 0.2) is 42.5 Å². The monoisotopic (exact) mass is 322 g/mol. The fraction of sp³-hybridized carbons (Fsp3) is 0.0769. The molecule has 0 fully saturated rings. The Morgan fingerprint density at radius 2 is 1.50 bits per heavy atom. The van der Waals surface area contributed by atoms with Gasteiger partial charge in [-0.05, 0) is 35.4 Å². The van der Waals surface area contributed by atoms with E-state index in [9.17, 15) is 4.39 Å². The van der Waals surface area contributed by atoms with E-state index in [-0.39, 0.29) is 0 Å². The zero-order valence-corrected chi connectivity index (χ0v) is 12.0. The molecule has 0 saturated carbocycles. The molecule has 94 valence electrons. The van der Waals surface area contributed by atoms with Crippen LogP contribution in [0.25, 0.3) is 0 Å². The maximum Gasteiger partial charge on any atom is 0.168 e. The van der Waals surface area contributed by atoms with E-state index in [2.05, 4.69) is 0 Å². The van der Waals surface area contributed by atoms with Crippen molar-refractivity contribution in [3.8, 4) is 0 Å². The number of hydrogen-bond donors (Lipinski definition) is 0. The standard InChI is InChI=1S/C13H7Cl4F/c14-11-5-4-9(7-12(11)15)13(16,17)8-2-1-3-10(18)6-8/h1-7H. The van der Waals surface area contributed by atoms with Gasteiger partial charge in [0, 0.05) is 0 Å². The summed E-state index contributed by atoms with van der Waals surface area (Å²) in [5.41, 5.74) is 0.968. The van der Waals surface area contributed by atoms with Gasteiger partial charge in [-0.15, -0.1) is 0 Å². The summed E-state index contributed by atoms with van der Waals surface area (Å²) in [6, 6.07) is 10.6. The number of halogens is 5. The lowest BCUT2D eigenvalue weighted by Crippen LogP contribution is -2.12. The predicted octanol–water partition coefficient (Wildman–Crippen LogP) is 5.81. The van der Waals surface area contributed by atoms with Crippen LogP contribution in [0, 0.1) is 5.82 Å². The Morgan fingerprint density at radius 1 is 0.833 bits per heavy atom. The van der Waals surface area contributed by atoms with Gasteiger partial charge >= 0.3 is 0 Å². The van der Waals surface area contributed by atoms with Gasteiger partial charge in [0.2, 0.25) is 0 Å². The highest BCUT2D eigenvalue weighted by Crippen LogP contribution is 2.42. The molecular formula is C13H7Cl4F. The van der Waals surface area contributed by atoms with E-state index >= 15 is 0 Å². The highest BCUT2D eigenvalue weighted by Gasteiger charge is 2.29. The number of hydrogen-bond acceptors (Lipinski definition) is 0. The summed E-state index contributed by atoms with van der Waals surface area (Å²) in [5, 5.41) is 0.750. The van der Waals surface area contributed by atoms with Crippen LogP contribution in [-0.2, 0) is 4.33 Å². The van der Waals surface area contributed by atoms with Crippen molar-refractivity contribution in [3.05, 3.63) is 69.5 Å². The van der Waals surface area contributed by atoms with Crippen LogP contribution in [0.5, 0.6) is 0 Å². The molecule has 0 amide bonds. The molecule has 2 aromatic rings. The van der Waals surface area contributed by atoms with Gasteiger partial charge < -0.3 is 0 Å². The SMILES string of the molecule is Fc1cccc(C(Cl)(Cl)c2ccc(Cl)c(Cl)c2)c1. The Kier molecular flexibility index (Phi) is 4.08. The average molecular weight is 324 g/mol. The van der Waals surface area contributed by atoms with Crippen LogP contribution in [0.3, 0.4) is 0 Å². The summed E-state index contributed by atoms with van der Waals surface area (Å²) in [6.07, 6.45) is 0. The lowest BCUT2D eigenvalue weighted by Gasteiger charge is -2.21. The third-order valence-electron chi connectivity index (χ3n) is 2.47. The summed E-state index contributed by atoms with van der Waals surface area (Å²) >= 11 is 24.3. The molecule has 0 atom stereocenters. The molecule has 0 saturated heterocycles. The van der Waals surface area contributed by atoms with Crippen molar-refractivity contribution in [3.63, 3.8) is 0 Å². The third-order valence-corrected chi connectivity index (χ3v) is 4.08. The Bertz CT molecular complexity index is 581. The van der Waals surface area contributed by atoms with Gasteiger partial charge in [0.15, 0.2) is 4.33 Å². The second-order valence-electron chi connectivity index (χ2n) is 3.71. The van der Waals surface area contributed by atoms with Crippen molar-refractivity contribution >= 4 is 46.4 Å². The summed E-state index contributed by atoms with van der Waals surface area (Å²) in [7, 11) is 0. The van der Waals surface area contributed by atoms with Crippen LogP contribution >= 0.6 is 46.4 Å². The van der Waals surface area contributed by atoms with Crippen LogP contribution in [0.1, 0.15) is 11.1 Å². The van der Waals surface area contributed by atoms with Gasteiger partial charge in [-0.25, -0.2) is 4.39 Å². The Balaban J connectivity index is 2.50. The van der Waals surface area contributed by atoms with Crippen LogP contribution in [-0.4, -0.2) is 0 Å². The van der Waals surface area contributed by atoms with E-state index in [1.54, 1.807) is 30.3 Å². The topological polar surface area (TPSA) is 0 Å². The van der Waals surface area contributed by atoms with Crippen LogP contribution < -0.4 is 0 Å². The van der Waals surface area contributed by atoms with Crippen molar-refractivity contribution in [2.24, 2.45) is 0 Å². The van der Waals surface area contributed by atoms with E-state index in [0.29, 0.717) is 21.2 Å². The molecule has 0 unspecified atom stereocenters. The lowest BCUT2D eigenvalue weighted by atomic mass is 10.0. The summed E-state index contributed by atoms with van der Waals surface area (Å²) in [5.74, 6) is -0.404. The van der Waals surface area contributed by atoms with Crippen molar-refractivity contribution in [2.45, 2.75) is 4.33 Å². The molecule has 0 spiro atoms. The maximum atomic E-state index is 13.2. The number of alkyl halides is 2. The van der Waals surface area contributed by atoms with Crippen LogP contribution in [0.4, 0.5) is 4.39 Å². The Morgan fingerprint density at radius 3 is 2.11 bits per heavy atom. The minimum absolute atomic E-state index is 0.344. The van der Waals surface area contributed by atoms with Crippen molar-refractivity contribution in [2.75, 3.05) is 0 Å². The molecule has 18 heavy (non-hydrogen) atoms. The zero-order chi connectivity index (χ0) is 13.3. The molecule has 0 aliphatic rings. The molecule has 0 heterocycles. The summed E-state index contributed by atoms with van der Waals surface area (Å²) in [4.78, 5) is 0. The fourth-order valence-electron chi connectivity index (χ4n) is 1.54. The molecule has 0 aromatic heterocycles. The molecule has 2 aromatic carbocycles. The highest BCUT2D eigenvalue weighted by atomic mass is 35.5. The second kappa shape index (κ2) is 5.26. The quantitative estimate of drug-likeness (QED) is 0.612. The molecule has 0 nitrogen and oxygen atoms in total. The van der Waals surface area contributed by atoms with Crippen molar-refractivity contribution in [1.82, 2.24) is 0 Å². The van der Waals surface area contributed by atoms with Gasteiger partial charge in [-0.1, -0.05) is 64.6 Å². The molecule has 0 aliphatic carbocycles. The first-order valence-corrected chi connectivity index (χ1v) is 6.52. The Labute approximate surface area is 124 Å². The number of rotatable bonds is 2. The molecule has 5 heteroatoms. The molecule has 0 aliphatic heterocycles. The largest absolute Gasteiger partial charge is 0.207 e. The fourth-order valence-corrected chi connectivity index (χ4v) is 2.31. The summed E-state index contributed by atoms with van der Waals surface area (Å²) < 4.78 is 11.8.